The van der Waals surface area contributed by atoms with Crippen molar-refractivity contribution in [1.82, 2.24) is 15.5 Å². The first-order chi connectivity index (χ1) is 9.25. The standard InChI is InChI=1S/C14H27N3O3/c1-10(2)8-11(9-17(3)4)15-13(20)16-14(12(18)19)6-5-7-14/h10-11H,5-9H2,1-4H3,(H,18,19)(H2,15,16,20). The van der Waals surface area contributed by atoms with E-state index >= 15 is 0 Å². The molecule has 0 radical (unpaired) electrons. The summed E-state index contributed by atoms with van der Waals surface area (Å²) in [5, 5.41) is 14.7. The van der Waals surface area contributed by atoms with Crippen LogP contribution < -0.4 is 10.6 Å². The molecule has 1 aliphatic carbocycles. The van der Waals surface area contributed by atoms with Crippen LogP contribution in [0.1, 0.15) is 39.5 Å². The molecule has 3 N–H and O–H groups in total. The Labute approximate surface area is 120 Å². The number of nitrogens with one attached hydrogen (secondary N) is 2. The SMILES string of the molecule is CC(C)CC(CN(C)C)NC(=O)NC1(C(=O)O)CCC1. The summed E-state index contributed by atoms with van der Waals surface area (Å²) in [6, 6.07) is -0.351. The van der Waals surface area contributed by atoms with Crippen molar-refractivity contribution in [2.75, 3.05) is 20.6 Å². The van der Waals surface area contributed by atoms with Crippen molar-refractivity contribution in [3.05, 3.63) is 0 Å². The van der Waals surface area contributed by atoms with E-state index in [-0.39, 0.29) is 12.1 Å². The molecule has 6 nitrogen and oxygen atoms in total. The third-order valence-corrected chi connectivity index (χ3v) is 3.65. The average molecular weight is 285 g/mol. The van der Waals surface area contributed by atoms with Gasteiger partial charge in [0.25, 0.3) is 0 Å². The lowest BCUT2D eigenvalue weighted by Crippen LogP contribution is -2.62. The minimum Gasteiger partial charge on any atom is -0.480 e. The summed E-state index contributed by atoms with van der Waals surface area (Å²) in [6.07, 6.45) is 2.74. The largest absolute Gasteiger partial charge is 0.480 e. The first-order valence-corrected chi connectivity index (χ1v) is 7.22. The van der Waals surface area contributed by atoms with E-state index in [0.29, 0.717) is 18.8 Å². The Morgan fingerprint density at radius 3 is 2.25 bits per heavy atom. The van der Waals surface area contributed by atoms with E-state index < -0.39 is 11.5 Å². The van der Waals surface area contributed by atoms with Gasteiger partial charge in [0, 0.05) is 12.6 Å². The molecule has 1 aliphatic rings. The molecule has 20 heavy (non-hydrogen) atoms. The van der Waals surface area contributed by atoms with Crippen LogP contribution in [0.3, 0.4) is 0 Å². The maximum atomic E-state index is 12.0. The van der Waals surface area contributed by atoms with E-state index in [2.05, 4.69) is 24.5 Å². The number of carboxylic acids is 1. The van der Waals surface area contributed by atoms with Crippen molar-refractivity contribution in [2.45, 2.75) is 51.1 Å². The first kappa shape index (κ1) is 16.8. The van der Waals surface area contributed by atoms with Crippen LogP contribution in [0.2, 0.25) is 0 Å². The van der Waals surface area contributed by atoms with Gasteiger partial charge in [-0.1, -0.05) is 13.8 Å². The molecule has 0 aliphatic heterocycles. The Kier molecular flexibility index (Phi) is 5.80. The van der Waals surface area contributed by atoms with Gasteiger partial charge in [0.1, 0.15) is 5.54 Å². The Morgan fingerprint density at radius 1 is 1.30 bits per heavy atom. The third kappa shape index (κ3) is 4.67. The molecular formula is C14H27N3O3. The van der Waals surface area contributed by atoms with Gasteiger partial charge in [-0.25, -0.2) is 9.59 Å². The van der Waals surface area contributed by atoms with Gasteiger partial charge in [0.2, 0.25) is 0 Å². The number of hydrogen-bond acceptors (Lipinski definition) is 3. The van der Waals surface area contributed by atoms with Crippen LogP contribution in [-0.2, 0) is 4.79 Å². The van der Waals surface area contributed by atoms with Crippen LogP contribution in [-0.4, -0.2) is 54.2 Å². The number of likely N-dealkylation sites (N-methyl/N-ethyl adjacent to an activating group) is 1. The quantitative estimate of drug-likeness (QED) is 0.658. The van der Waals surface area contributed by atoms with Gasteiger partial charge in [-0.15, -0.1) is 0 Å². The molecule has 1 atom stereocenters. The lowest BCUT2D eigenvalue weighted by Gasteiger charge is -2.38. The van der Waals surface area contributed by atoms with E-state index in [1.165, 1.54) is 0 Å². The van der Waals surface area contributed by atoms with Crippen molar-refractivity contribution in [1.29, 1.82) is 0 Å². The van der Waals surface area contributed by atoms with Gasteiger partial charge < -0.3 is 20.6 Å². The van der Waals surface area contributed by atoms with E-state index in [4.69, 9.17) is 0 Å². The molecule has 2 amide bonds. The van der Waals surface area contributed by atoms with Crippen molar-refractivity contribution in [3.63, 3.8) is 0 Å². The Morgan fingerprint density at radius 2 is 1.90 bits per heavy atom. The van der Waals surface area contributed by atoms with Crippen molar-refractivity contribution < 1.29 is 14.7 Å². The second kappa shape index (κ2) is 6.92. The number of amides is 2. The zero-order valence-electron chi connectivity index (χ0n) is 12.9. The molecule has 0 spiro atoms. The fraction of sp³-hybridized carbons (Fsp3) is 0.857. The van der Waals surface area contributed by atoms with Gasteiger partial charge in [-0.3, -0.25) is 0 Å². The number of carbonyl (C=O) groups excluding carboxylic acids is 1. The molecule has 6 heteroatoms. The monoisotopic (exact) mass is 285 g/mol. The van der Waals surface area contributed by atoms with Gasteiger partial charge in [-0.05, 0) is 45.7 Å². The molecule has 1 saturated carbocycles. The Bertz CT molecular complexity index is 342. The number of hydrogen-bond donors (Lipinski definition) is 3. The highest BCUT2D eigenvalue weighted by atomic mass is 16.4. The summed E-state index contributed by atoms with van der Waals surface area (Å²) in [6.45, 7) is 4.95. The topological polar surface area (TPSA) is 81.7 Å². The number of aliphatic carboxylic acids is 1. The minimum absolute atomic E-state index is 0.0240. The molecule has 0 bridgehead atoms. The Balaban J connectivity index is 2.54. The number of carboxylic acid groups (broad SMARTS) is 1. The highest BCUT2D eigenvalue weighted by molar-refractivity contribution is 5.87. The van der Waals surface area contributed by atoms with Crippen LogP contribution in [0, 0.1) is 5.92 Å². The van der Waals surface area contributed by atoms with Crippen LogP contribution >= 0.6 is 0 Å². The highest BCUT2D eigenvalue weighted by Gasteiger charge is 2.45. The summed E-state index contributed by atoms with van der Waals surface area (Å²) < 4.78 is 0. The molecule has 0 saturated heterocycles. The number of carbonyl (C=O) groups is 2. The van der Waals surface area contributed by atoms with Crippen LogP contribution in [0.25, 0.3) is 0 Å². The number of urea groups is 1. The van der Waals surface area contributed by atoms with Gasteiger partial charge >= 0.3 is 12.0 Å². The maximum Gasteiger partial charge on any atom is 0.329 e. The molecule has 0 heterocycles. The van der Waals surface area contributed by atoms with Crippen molar-refractivity contribution in [3.8, 4) is 0 Å². The van der Waals surface area contributed by atoms with Crippen molar-refractivity contribution >= 4 is 12.0 Å². The minimum atomic E-state index is -1.05. The lowest BCUT2D eigenvalue weighted by atomic mass is 9.77. The predicted octanol–water partition coefficient (Wildman–Crippen LogP) is 1.27. The first-order valence-electron chi connectivity index (χ1n) is 7.22. The van der Waals surface area contributed by atoms with E-state index in [1.807, 2.05) is 19.0 Å². The molecule has 1 fully saturated rings. The van der Waals surface area contributed by atoms with E-state index in [1.54, 1.807) is 0 Å². The third-order valence-electron chi connectivity index (χ3n) is 3.65. The van der Waals surface area contributed by atoms with Crippen LogP contribution in [0.4, 0.5) is 4.79 Å². The predicted molar refractivity (Wildman–Crippen MR) is 77.7 cm³/mol. The summed E-state index contributed by atoms with van der Waals surface area (Å²) in [5.74, 6) is -0.468. The molecule has 0 aromatic carbocycles. The summed E-state index contributed by atoms with van der Waals surface area (Å²) in [7, 11) is 3.91. The molecule has 0 aromatic rings. The highest BCUT2D eigenvalue weighted by Crippen LogP contribution is 2.31. The molecule has 1 rings (SSSR count). The van der Waals surface area contributed by atoms with Gasteiger partial charge in [0.15, 0.2) is 0 Å². The van der Waals surface area contributed by atoms with Crippen molar-refractivity contribution in [2.24, 2.45) is 5.92 Å². The Hall–Kier alpha value is -1.30. The molecule has 0 aromatic heterocycles. The summed E-state index contributed by atoms with van der Waals surface area (Å²) >= 11 is 0. The van der Waals surface area contributed by atoms with Crippen LogP contribution in [0.15, 0.2) is 0 Å². The number of nitrogens with zero attached hydrogens (tertiary/aromatic N) is 1. The zero-order chi connectivity index (χ0) is 15.3. The smallest absolute Gasteiger partial charge is 0.329 e. The summed E-state index contributed by atoms with van der Waals surface area (Å²) in [4.78, 5) is 25.3. The van der Waals surface area contributed by atoms with Crippen LogP contribution in [0.5, 0.6) is 0 Å². The normalized spacial score (nSPS) is 18.5. The fourth-order valence-electron chi connectivity index (χ4n) is 2.55. The second-order valence-electron chi connectivity index (χ2n) is 6.43. The average Bonchev–Trinajstić information content (AvgIpc) is 2.20. The van der Waals surface area contributed by atoms with E-state index in [0.717, 1.165) is 19.4 Å². The van der Waals surface area contributed by atoms with E-state index in [9.17, 15) is 14.7 Å². The van der Waals surface area contributed by atoms with Gasteiger partial charge in [0.05, 0.1) is 0 Å². The van der Waals surface area contributed by atoms with Gasteiger partial charge in [-0.2, -0.15) is 0 Å². The second-order valence-corrected chi connectivity index (χ2v) is 6.43. The molecule has 1 unspecified atom stereocenters. The lowest BCUT2D eigenvalue weighted by molar-refractivity contribution is -0.148. The zero-order valence-corrected chi connectivity index (χ0v) is 12.9. The summed E-state index contributed by atoms with van der Waals surface area (Å²) in [5.41, 5.74) is -1.05. The number of rotatable bonds is 7. The maximum absolute atomic E-state index is 12.0. The fourth-order valence-corrected chi connectivity index (χ4v) is 2.55. The molecule has 116 valence electrons. The molecular weight excluding hydrogens is 258 g/mol.